The smallest absolute Gasteiger partial charge is 0.148 e. The Balaban J connectivity index is 2.25. The number of nitrogens with two attached hydrogens (primary N) is 1. The van der Waals surface area contributed by atoms with Crippen LogP contribution in [-0.4, -0.2) is 19.6 Å². The van der Waals surface area contributed by atoms with Gasteiger partial charge in [-0.3, -0.25) is 9.36 Å². The Morgan fingerprint density at radius 1 is 1.40 bits per heavy atom. The Morgan fingerprint density at radius 2 is 2.13 bits per heavy atom. The number of hydrogen-bond acceptors (Lipinski definition) is 3. The van der Waals surface area contributed by atoms with Crippen LogP contribution in [0.4, 0.5) is 5.82 Å². The molecule has 2 heterocycles. The van der Waals surface area contributed by atoms with Gasteiger partial charge < -0.3 is 5.73 Å². The first-order valence-electron chi connectivity index (χ1n) is 4.54. The lowest BCUT2D eigenvalue weighted by molar-refractivity contribution is 0.651. The molecule has 0 aromatic carbocycles. The zero-order valence-corrected chi connectivity index (χ0v) is 10.2. The highest BCUT2D eigenvalue weighted by Crippen LogP contribution is 2.16. The lowest BCUT2D eigenvalue weighted by atomic mass is 10.4. The minimum atomic E-state index is 0.571. The summed E-state index contributed by atoms with van der Waals surface area (Å²) >= 11 is 3.44. The summed E-state index contributed by atoms with van der Waals surface area (Å²) in [5.41, 5.74) is 7.60. The molecule has 2 aromatic heterocycles. The lowest BCUT2D eigenvalue weighted by Gasteiger charge is -1.97. The van der Waals surface area contributed by atoms with Gasteiger partial charge >= 0.3 is 0 Å². The average molecular weight is 270 g/mol. The van der Waals surface area contributed by atoms with Crippen LogP contribution in [0, 0.1) is 6.92 Å². The van der Waals surface area contributed by atoms with E-state index in [1.165, 1.54) is 0 Å². The van der Waals surface area contributed by atoms with E-state index in [0.717, 1.165) is 15.7 Å². The first-order chi connectivity index (χ1) is 7.06. The Kier molecular flexibility index (Phi) is 2.52. The molecule has 80 valence electrons. The van der Waals surface area contributed by atoms with Crippen molar-refractivity contribution in [3.8, 4) is 0 Å². The summed E-state index contributed by atoms with van der Waals surface area (Å²) in [5, 5.41) is 8.49. The highest BCUT2D eigenvalue weighted by molar-refractivity contribution is 9.10. The fourth-order valence-corrected chi connectivity index (χ4v) is 1.88. The zero-order valence-electron chi connectivity index (χ0n) is 8.61. The van der Waals surface area contributed by atoms with E-state index < -0.39 is 0 Å². The molecule has 0 aliphatic rings. The molecule has 0 amide bonds. The average Bonchev–Trinajstić information content (AvgIpc) is 2.59. The SMILES string of the molecule is Cc1cn(Cc2nn(C)cc2Br)nc1N. The Morgan fingerprint density at radius 3 is 2.60 bits per heavy atom. The molecular weight excluding hydrogens is 258 g/mol. The van der Waals surface area contributed by atoms with Gasteiger partial charge in [-0.1, -0.05) is 0 Å². The molecule has 0 aliphatic carbocycles. The van der Waals surface area contributed by atoms with E-state index in [2.05, 4.69) is 26.1 Å². The molecule has 0 bridgehead atoms. The molecule has 0 radical (unpaired) electrons. The van der Waals surface area contributed by atoms with Gasteiger partial charge in [0, 0.05) is 25.0 Å². The fraction of sp³-hybridized carbons (Fsp3) is 0.333. The zero-order chi connectivity index (χ0) is 11.0. The number of hydrogen-bond donors (Lipinski definition) is 1. The van der Waals surface area contributed by atoms with Crippen LogP contribution in [0.2, 0.25) is 0 Å². The van der Waals surface area contributed by atoms with E-state index in [0.29, 0.717) is 12.4 Å². The molecule has 5 nitrogen and oxygen atoms in total. The van der Waals surface area contributed by atoms with Crippen LogP contribution >= 0.6 is 15.9 Å². The van der Waals surface area contributed by atoms with Crippen LogP contribution in [0.15, 0.2) is 16.9 Å². The van der Waals surface area contributed by atoms with E-state index in [1.807, 2.05) is 26.4 Å². The predicted octanol–water partition coefficient (Wildman–Crippen LogP) is 1.32. The summed E-state index contributed by atoms with van der Waals surface area (Å²) < 4.78 is 4.54. The molecule has 0 saturated carbocycles. The highest BCUT2D eigenvalue weighted by atomic mass is 79.9. The summed E-state index contributed by atoms with van der Waals surface area (Å²) in [4.78, 5) is 0. The van der Waals surface area contributed by atoms with E-state index in [-0.39, 0.29) is 0 Å². The molecule has 0 spiro atoms. The third kappa shape index (κ3) is 2.04. The van der Waals surface area contributed by atoms with Gasteiger partial charge in [-0.05, 0) is 22.9 Å². The molecule has 0 fully saturated rings. The Hall–Kier alpha value is -1.30. The summed E-state index contributed by atoms with van der Waals surface area (Å²) in [6, 6.07) is 0. The molecule has 0 aliphatic heterocycles. The van der Waals surface area contributed by atoms with Gasteiger partial charge in [0.2, 0.25) is 0 Å². The summed E-state index contributed by atoms with van der Waals surface area (Å²) in [5.74, 6) is 0.571. The van der Waals surface area contributed by atoms with E-state index in [1.54, 1.807) is 9.36 Å². The normalized spacial score (nSPS) is 10.9. The summed E-state index contributed by atoms with van der Waals surface area (Å²) in [6.07, 6.45) is 3.82. The van der Waals surface area contributed by atoms with E-state index >= 15 is 0 Å². The van der Waals surface area contributed by atoms with E-state index in [4.69, 9.17) is 5.73 Å². The van der Waals surface area contributed by atoms with Crippen molar-refractivity contribution in [2.75, 3.05) is 5.73 Å². The van der Waals surface area contributed by atoms with Crippen molar-refractivity contribution in [1.82, 2.24) is 19.6 Å². The summed E-state index contributed by atoms with van der Waals surface area (Å²) in [7, 11) is 1.89. The maximum absolute atomic E-state index is 5.67. The van der Waals surface area contributed by atoms with Gasteiger partial charge in [0.15, 0.2) is 0 Å². The molecule has 6 heteroatoms. The minimum Gasteiger partial charge on any atom is -0.382 e. The van der Waals surface area contributed by atoms with Gasteiger partial charge in [0.05, 0.1) is 16.7 Å². The van der Waals surface area contributed by atoms with Crippen molar-refractivity contribution in [2.45, 2.75) is 13.5 Å². The quantitative estimate of drug-likeness (QED) is 0.895. The number of nitrogen functional groups attached to an aromatic ring is 1. The molecule has 0 unspecified atom stereocenters. The van der Waals surface area contributed by atoms with Crippen molar-refractivity contribution in [3.05, 3.63) is 28.1 Å². The maximum Gasteiger partial charge on any atom is 0.148 e. The van der Waals surface area contributed by atoms with Crippen LogP contribution in [0.25, 0.3) is 0 Å². The number of nitrogens with zero attached hydrogens (tertiary/aromatic N) is 4. The second-order valence-electron chi connectivity index (χ2n) is 3.49. The minimum absolute atomic E-state index is 0.571. The third-order valence-electron chi connectivity index (χ3n) is 2.15. The monoisotopic (exact) mass is 269 g/mol. The number of rotatable bonds is 2. The second kappa shape index (κ2) is 3.69. The van der Waals surface area contributed by atoms with Gasteiger partial charge in [0.25, 0.3) is 0 Å². The standard InChI is InChI=1S/C9H12BrN5/c1-6-3-15(13-9(6)11)5-8-7(10)4-14(2)12-8/h3-4H,5H2,1-2H3,(H2,11,13). The second-order valence-corrected chi connectivity index (χ2v) is 4.35. The van der Waals surface area contributed by atoms with Crippen LogP contribution < -0.4 is 5.73 Å². The number of aryl methyl sites for hydroxylation is 2. The molecule has 2 N–H and O–H groups in total. The van der Waals surface area contributed by atoms with Crippen LogP contribution in [0.3, 0.4) is 0 Å². The molecule has 0 atom stereocenters. The fourth-order valence-electron chi connectivity index (χ4n) is 1.38. The van der Waals surface area contributed by atoms with E-state index in [9.17, 15) is 0 Å². The van der Waals surface area contributed by atoms with Crippen molar-refractivity contribution in [1.29, 1.82) is 0 Å². The van der Waals surface area contributed by atoms with Crippen LogP contribution in [0.5, 0.6) is 0 Å². The van der Waals surface area contributed by atoms with Crippen molar-refractivity contribution in [3.63, 3.8) is 0 Å². The van der Waals surface area contributed by atoms with Gasteiger partial charge in [-0.15, -0.1) is 0 Å². The van der Waals surface area contributed by atoms with Crippen molar-refractivity contribution < 1.29 is 0 Å². The maximum atomic E-state index is 5.67. The van der Waals surface area contributed by atoms with Crippen LogP contribution in [-0.2, 0) is 13.6 Å². The molecule has 2 rings (SSSR count). The lowest BCUT2D eigenvalue weighted by Crippen LogP contribution is -2.03. The number of anilines is 1. The third-order valence-corrected chi connectivity index (χ3v) is 2.81. The number of halogens is 1. The highest BCUT2D eigenvalue weighted by Gasteiger charge is 2.07. The Bertz CT molecular complexity index is 465. The van der Waals surface area contributed by atoms with Gasteiger partial charge in [0.1, 0.15) is 5.82 Å². The number of aromatic nitrogens is 4. The molecule has 15 heavy (non-hydrogen) atoms. The van der Waals surface area contributed by atoms with Crippen molar-refractivity contribution >= 4 is 21.7 Å². The van der Waals surface area contributed by atoms with Gasteiger partial charge in [-0.2, -0.15) is 10.2 Å². The first-order valence-corrected chi connectivity index (χ1v) is 5.33. The predicted molar refractivity (Wildman–Crippen MR) is 61.4 cm³/mol. The molecule has 0 saturated heterocycles. The largest absolute Gasteiger partial charge is 0.382 e. The summed E-state index contributed by atoms with van der Waals surface area (Å²) in [6.45, 7) is 2.56. The molecule has 2 aromatic rings. The van der Waals surface area contributed by atoms with Crippen LogP contribution in [0.1, 0.15) is 11.3 Å². The first kappa shape index (κ1) is 10.2. The molecular formula is C9H12BrN5. The van der Waals surface area contributed by atoms with Crippen molar-refractivity contribution in [2.24, 2.45) is 7.05 Å². The van der Waals surface area contributed by atoms with Gasteiger partial charge in [-0.25, -0.2) is 0 Å². The topological polar surface area (TPSA) is 61.7 Å². The Labute approximate surface area is 96.0 Å².